The summed E-state index contributed by atoms with van der Waals surface area (Å²) in [7, 11) is 0. The van der Waals surface area contributed by atoms with E-state index in [0.717, 1.165) is 83.5 Å². The first kappa shape index (κ1) is 41.1. The average Bonchev–Trinajstić information content (AvgIpc) is 3.34. The number of nitriles is 1. The van der Waals surface area contributed by atoms with Crippen molar-refractivity contribution in [1.29, 1.82) is 5.26 Å². The quantitative estimate of drug-likeness (QED) is 0.143. The van der Waals surface area contributed by atoms with Gasteiger partial charge in [0.25, 0.3) is 0 Å². The summed E-state index contributed by atoms with van der Waals surface area (Å²) in [5.41, 5.74) is 12.8. The molecule has 9 rings (SSSR count). The fraction of sp³-hybridized carbons (Fsp3) is 0.0536. The predicted octanol–water partition coefficient (Wildman–Crippen LogP) is 14.8. The first-order valence-corrected chi connectivity index (χ1v) is 20.4. The van der Waals surface area contributed by atoms with Gasteiger partial charge in [-0.15, -0.1) is 0 Å². The Morgan fingerprint density at radius 1 is 0.475 bits per heavy atom. The van der Waals surface area contributed by atoms with Crippen LogP contribution < -0.4 is 0 Å². The number of nitrogens with zero attached hydrogens (tertiary/aromatic N) is 5. The summed E-state index contributed by atoms with van der Waals surface area (Å²) < 4.78 is 0. The third-order valence-corrected chi connectivity index (χ3v) is 9.89. The van der Waals surface area contributed by atoms with Crippen LogP contribution in [0.2, 0.25) is 0 Å². The standard InChI is InChI=1S/C47H29N5.C7H10.C2H6/c48-30-31-18-27-39-38(28-31)14-9-15-40(39)46-45(49-41-16-7-8-17-42(41)50-46)36-23-19-32(20-24-36)33-21-25-37(26-22-33)47-51-43(34-10-3-1-4-11-34)29-44(52-47)35-12-5-2-6-13-35;1-3-5-7-6-4-2;1-2/h1-29H;3-7H,1H2,2H3;1-2H3/b;6-4-,7-5-;. The lowest BCUT2D eigenvalue weighted by Crippen LogP contribution is -1.96. The Hall–Kier alpha value is -8.07. The molecular formula is C56H45N5. The Morgan fingerprint density at radius 2 is 1.02 bits per heavy atom. The minimum absolute atomic E-state index is 0.628. The van der Waals surface area contributed by atoms with E-state index in [2.05, 4.69) is 97.6 Å². The largest absolute Gasteiger partial charge is 0.244 e. The SMILES string of the molecule is C=C/C=C\C=C/C.CC.N#Cc1ccc2c(-c3nc4ccccc4nc3-c3ccc(-c4ccc(-c5nc(-c6ccccc6)cc(-c6ccccc6)n5)cc4)cc3)cccc2c1. The highest BCUT2D eigenvalue weighted by Gasteiger charge is 2.17. The molecule has 2 heterocycles. The topological polar surface area (TPSA) is 75.3 Å². The lowest BCUT2D eigenvalue weighted by atomic mass is 9.96. The maximum Gasteiger partial charge on any atom is 0.160 e. The van der Waals surface area contributed by atoms with Crippen molar-refractivity contribution in [3.8, 4) is 73.6 Å². The summed E-state index contributed by atoms with van der Waals surface area (Å²) in [6.45, 7) is 9.49. The molecule has 0 saturated carbocycles. The van der Waals surface area contributed by atoms with Crippen LogP contribution in [-0.2, 0) is 0 Å². The van der Waals surface area contributed by atoms with E-state index in [9.17, 15) is 5.26 Å². The maximum absolute atomic E-state index is 9.49. The van der Waals surface area contributed by atoms with E-state index < -0.39 is 0 Å². The summed E-state index contributed by atoms with van der Waals surface area (Å²) in [5, 5.41) is 11.5. The molecule has 2 aromatic heterocycles. The molecule has 0 atom stereocenters. The van der Waals surface area contributed by atoms with Crippen LogP contribution in [-0.4, -0.2) is 19.9 Å². The number of para-hydroxylation sites is 2. The lowest BCUT2D eigenvalue weighted by molar-refractivity contribution is 1.18. The molecule has 0 fully saturated rings. The molecule has 0 unspecified atom stereocenters. The van der Waals surface area contributed by atoms with Gasteiger partial charge in [0.2, 0.25) is 0 Å². The summed E-state index contributed by atoms with van der Waals surface area (Å²) in [4.78, 5) is 20.3. The molecule has 5 heteroatoms. The Bertz CT molecular complexity index is 2940. The van der Waals surface area contributed by atoms with Crippen LogP contribution in [0.3, 0.4) is 0 Å². The van der Waals surface area contributed by atoms with Crippen molar-refractivity contribution in [3.63, 3.8) is 0 Å². The first-order valence-electron chi connectivity index (χ1n) is 20.4. The van der Waals surface area contributed by atoms with Gasteiger partial charge in [-0.25, -0.2) is 19.9 Å². The molecule has 0 spiro atoms. The van der Waals surface area contributed by atoms with Crippen molar-refractivity contribution in [1.82, 2.24) is 19.9 Å². The van der Waals surface area contributed by atoms with Crippen LogP contribution >= 0.6 is 0 Å². The Balaban J connectivity index is 0.000000569. The minimum Gasteiger partial charge on any atom is -0.244 e. The molecule has 61 heavy (non-hydrogen) atoms. The van der Waals surface area contributed by atoms with Crippen LogP contribution in [0.5, 0.6) is 0 Å². The smallest absolute Gasteiger partial charge is 0.160 e. The van der Waals surface area contributed by atoms with Crippen molar-refractivity contribution in [2.45, 2.75) is 20.8 Å². The summed E-state index contributed by atoms with van der Waals surface area (Å²) in [6.07, 6.45) is 9.51. The van der Waals surface area contributed by atoms with Crippen molar-refractivity contribution >= 4 is 21.8 Å². The fourth-order valence-corrected chi connectivity index (χ4v) is 6.92. The van der Waals surface area contributed by atoms with Gasteiger partial charge < -0.3 is 0 Å². The zero-order valence-corrected chi connectivity index (χ0v) is 34.6. The van der Waals surface area contributed by atoms with Gasteiger partial charge >= 0.3 is 0 Å². The zero-order valence-electron chi connectivity index (χ0n) is 34.6. The van der Waals surface area contributed by atoms with Gasteiger partial charge in [-0.3, -0.25) is 0 Å². The van der Waals surface area contributed by atoms with E-state index in [-0.39, 0.29) is 0 Å². The van der Waals surface area contributed by atoms with E-state index in [0.29, 0.717) is 11.4 Å². The summed E-state index contributed by atoms with van der Waals surface area (Å²) in [5.74, 6) is 0.682. The number of hydrogen-bond donors (Lipinski definition) is 0. The highest BCUT2D eigenvalue weighted by Crippen LogP contribution is 2.37. The molecule has 294 valence electrons. The van der Waals surface area contributed by atoms with Crippen molar-refractivity contribution in [2.75, 3.05) is 0 Å². The van der Waals surface area contributed by atoms with Crippen molar-refractivity contribution in [3.05, 3.63) is 218 Å². The fourth-order valence-electron chi connectivity index (χ4n) is 6.92. The summed E-state index contributed by atoms with van der Waals surface area (Å²) >= 11 is 0. The molecule has 9 aromatic rings. The van der Waals surface area contributed by atoms with Gasteiger partial charge in [0.1, 0.15) is 0 Å². The number of benzene rings is 7. The van der Waals surface area contributed by atoms with Gasteiger partial charge in [-0.05, 0) is 59.2 Å². The van der Waals surface area contributed by atoms with Gasteiger partial charge in [0.05, 0.1) is 45.4 Å². The first-order chi connectivity index (χ1) is 30.1. The maximum atomic E-state index is 9.49. The highest BCUT2D eigenvalue weighted by molar-refractivity contribution is 6.00. The van der Waals surface area contributed by atoms with E-state index in [1.165, 1.54) is 0 Å². The predicted molar refractivity (Wildman–Crippen MR) is 255 cm³/mol. The van der Waals surface area contributed by atoms with Crippen molar-refractivity contribution in [2.24, 2.45) is 0 Å². The van der Waals surface area contributed by atoms with Crippen LogP contribution in [0, 0.1) is 11.3 Å². The van der Waals surface area contributed by atoms with E-state index in [4.69, 9.17) is 19.9 Å². The average molecular weight is 788 g/mol. The van der Waals surface area contributed by atoms with E-state index in [1.54, 1.807) is 6.08 Å². The molecule has 0 bridgehead atoms. The number of fused-ring (bicyclic) bond motifs is 2. The van der Waals surface area contributed by atoms with E-state index >= 15 is 0 Å². The normalized spacial score (nSPS) is 10.8. The molecular weight excluding hydrogens is 743 g/mol. The second kappa shape index (κ2) is 20.1. The molecule has 0 radical (unpaired) electrons. The lowest BCUT2D eigenvalue weighted by Gasteiger charge is -2.13. The second-order valence-electron chi connectivity index (χ2n) is 13.8. The minimum atomic E-state index is 0.628. The monoisotopic (exact) mass is 787 g/mol. The summed E-state index contributed by atoms with van der Waals surface area (Å²) in [6, 6.07) is 61.5. The van der Waals surface area contributed by atoms with Crippen LogP contribution in [0.25, 0.3) is 89.4 Å². The van der Waals surface area contributed by atoms with Gasteiger partial charge in [-0.2, -0.15) is 5.26 Å². The molecule has 0 N–H and O–H groups in total. The van der Waals surface area contributed by atoms with Gasteiger partial charge in [0.15, 0.2) is 5.82 Å². The molecule has 5 nitrogen and oxygen atoms in total. The molecule has 0 aliphatic heterocycles. The van der Waals surface area contributed by atoms with Gasteiger partial charge in [0, 0.05) is 27.8 Å². The molecule has 0 amide bonds. The molecule has 0 saturated heterocycles. The Kier molecular flexibility index (Phi) is 13.5. The number of rotatable bonds is 8. The third-order valence-electron chi connectivity index (χ3n) is 9.89. The van der Waals surface area contributed by atoms with Crippen LogP contribution in [0.15, 0.2) is 213 Å². The van der Waals surface area contributed by atoms with Crippen LogP contribution in [0.4, 0.5) is 0 Å². The van der Waals surface area contributed by atoms with Crippen LogP contribution in [0.1, 0.15) is 26.3 Å². The number of hydrogen-bond acceptors (Lipinski definition) is 5. The Labute approximate surface area is 358 Å². The Morgan fingerprint density at radius 3 is 1.57 bits per heavy atom. The second-order valence-corrected chi connectivity index (χ2v) is 13.8. The molecule has 0 aliphatic rings. The van der Waals surface area contributed by atoms with E-state index in [1.807, 2.05) is 136 Å². The van der Waals surface area contributed by atoms with Gasteiger partial charge in [-0.1, -0.05) is 196 Å². The zero-order chi connectivity index (χ0) is 42.4. The molecule has 7 aromatic carbocycles. The third kappa shape index (κ3) is 9.63. The number of aromatic nitrogens is 4. The highest BCUT2D eigenvalue weighted by atomic mass is 14.9. The van der Waals surface area contributed by atoms with Crippen molar-refractivity contribution < 1.29 is 0 Å². The molecule has 0 aliphatic carbocycles. The number of allylic oxidation sites excluding steroid dienone is 5.